The van der Waals surface area contributed by atoms with E-state index in [0.29, 0.717) is 23.4 Å². The van der Waals surface area contributed by atoms with Crippen molar-refractivity contribution in [3.63, 3.8) is 0 Å². The third-order valence-electron chi connectivity index (χ3n) is 3.56. The zero-order valence-electron chi connectivity index (χ0n) is 13.7. The Kier molecular flexibility index (Phi) is 5.58. The number of rotatable bonds is 4. The number of halogens is 1. The number of hydrogen-bond donors (Lipinski definition) is 1. The van der Waals surface area contributed by atoms with E-state index in [1.54, 1.807) is 6.92 Å². The standard InChI is InChI=1S/C18H18BrN3O2/c1-11(2)10-22-17(23)15(8-20)12(3)16(18(22)24)9-21-14-6-4-13(19)5-7-14/h4-7,9,11,24H,10H2,1-3H3. The van der Waals surface area contributed by atoms with Gasteiger partial charge in [-0.15, -0.1) is 0 Å². The molecule has 2 aromatic rings. The van der Waals surface area contributed by atoms with Gasteiger partial charge in [-0.05, 0) is 42.7 Å². The molecule has 0 fully saturated rings. The lowest BCUT2D eigenvalue weighted by Crippen LogP contribution is -2.27. The first-order valence-electron chi connectivity index (χ1n) is 7.51. The van der Waals surface area contributed by atoms with E-state index in [1.807, 2.05) is 44.2 Å². The lowest BCUT2D eigenvalue weighted by Gasteiger charge is -2.15. The zero-order valence-corrected chi connectivity index (χ0v) is 15.3. The molecule has 0 saturated carbocycles. The normalized spacial score (nSPS) is 11.2. The predicted molar refractivity (Wildman–Crippen MR) is 98.1 cm³/mol. The first-order valence-corrected chi connectivity index (χ1v) is 8.30. The second kappa shape index (κ2) is 7.45. The molecule has 0 atom stereocenters. The summed E-state index contributed by atoms with van der Waals surface area (Å²) in [4.78, 5) is 16.7. The van der Waals surface area contributed by atoms with E-state index in [-0.39, 0.29) is 17.4 Å². The fraction of sp³-hybridized carbons (Fsp3) is 0.278. The Morgan fingerprint density at radius 2 is 2.00 bits per heavy atom. The molecule has 0 amide bonds. The van der Waals surface area contributed by atoms with Crippen molar-refractivity contribution in [1.82, 2.24) is 4.57 Å². The highest BCUT2D eigenvalue weighted by molar-refractivity contribution is 9.10. The summed E-state index contributed by atoms with van der Waals surface area (Å²) in [6, 6.07) is 9.30. The third kappa shape index (κ3) is 3.74. The molecule has 124 valence electrons. The van der Waals surface area contributed by atoms with E-state index in [0.717, 1.165) is 4.47 Å². The zero-order chi connectivity index (χ0) is 17.9. The van der Waals surface area contributed by atoms with Crippen LogP contribution in [0.1, 0.15) is 30.5 Å². The van der Waals surface area contributed by atoms with E-state index >= 15 is 0 Å². The van der Waals surface area contributed by atoms with Crippen LogP contribution in [-0.4, -0.2) is 15.9 Å². The van der Waals surface area contributed by atoms with Crippen LogP contribution >= 0.6 is 15.9 Å². The van der Waals surface area contributed by atoms with Gasteiger partial charge in [0, 0.05) is 17.2 Å². The Morgan fingerprint density at radius 3 is 2.54 bits per heavy atom. The molecule has 6 heteroatoms. The summed E-state index contributed by atoms with van der Waals surface area (Å²) in [6.45, 7) is 5.85. The van der Waals surface area contributed by atoms with Crippen LogP contribution in [0.2, 0.25) is 0 Å². The lowest BCUT2D eigenvalue weighted by molar-refractivity contribution is 0.381. The molecule has 24 heavy (non-hydrogen) atoms. The number of nitriles is 1. The molecular formula is C18H18BrN3O2. The van der Waals surface area contributed by atoms with Crippen LogP contribution in [0.15, 0.2) is 38.5 Å². The van der Waals surface area contributed by atoms with E-state index in [4.69, 9.17) is 0 Å². The van der Waals surface area contributed by atoms with Crippen LogP contribution in [0, 0.1) is 24.2 Å². The van der Waals surface area contributed by atoms with Crippen molar-refractivity contribution in [2.75, 3.05) is 0 Å². The van der Waals surface area contributed by atoms with Crippen LogP contribution < -0.4 is 5.56 Å². The quantitative estimate of drug-likeness (QED) is 0.807. The molecule has 0 bridgehead atoms. The van der Waals surface area contributed by atoms with Crippen LogP contribution in [0.25, 0.3) is 0 Å². The highest BCUT2D eigenvalue weighted by atomic mass is 79.9. The summed E-state index contributed by atoms with van der Waals surface area (Å²) in [5.74, 6) is -0.00910. The summed E-state index contributed by atoms with van der Waals surface area (Å²) >= 11 is 3.36. The van der Waals surface area contributed by atoms with Gasteiger partial charge < -0.3 is 5.11 Å². The highest BCUT2D eigenvalue weighted by Gasteiger charge is 2.18. The van der Waals surface area contributed by atoms with E-state index in [1.165, 1.54) is 10.8 Å². The first-order chi connectivity index (χ1) is 11.3. The monoisotopic (exact) mass is 387 g/mol. The largest absolute Gasteiger partial charge is 0.494 e. The second-order valence-corrected chi connectivity index (χ2v) is 6.81. The molecule has 0 aliphatic heterocycles. The van der Waals surface area contributed by atoms with Crippen molar-refractivity contribution < 1.29 is 5.11 Å². The summed E-state index contributed by atoms with van der Waals surface area (Å²) in [5, 5.41) is 19.8. The summed E-state index contributed by atoms with van der Waals surface area (Å²) in [6.07, 6.45) is 1.49. The molecule has 5 nitrogen and oxygen atoms in total. The van der Waals surface area contributed by atoms with Gasteiger partial charge in [0.25, 0.3) is 5.56 Å². The maximum Gasteiger partial charge on any atom is 0.271 e. The molecule has 1 aromatic carbocycles. The van der Waals surface area contributed by atoms with Crippen molar-refractivity contribution in [3.8, 4) is 11.9 Å². The van der Waals surface area contributed by atoms with Gasteiger partial charge in [0.05, 0.1) is 11.3 Å². The molecular weight excluding hydrogens is 370 g/mol. The van der Waals surface area contributed by atoms with Gasteiger partial charge in [-0.2, -0.15) is 5.26 Å². The highest BCUT2D eigenvalue weighted by Crippen LogP contribution is 2.22. The van der Waals surface area contributed by atoms with Gasteiger partial charge in [0.15, 0.2) is 0 Å². The number of aliphatic imine (C=N–C) groups is 1. The first kappa shape index (κ1) is 18.0. The van der Waals surface area contributed by atoms with Crippen LogP contribution in [0.4, 0.5) is 5.69 Å². The smallest absolute Gasteiger partial charge is 0.271 e. The second-order valence-electron chi connectivity index (χ2n) is 5.89. The average molecular weight is 388 g/mol. The number of hydrogen-bond acceptors (Lipinski definition) is 4. The minimum Gasteiger partial charge on any atom is -0.494 e. The van der Waals surface area contributed by atoms with Crippen LogP contribution in [-0.2, 0) is 6.54 Å². The maximum atomic E-state index is 12.4. The Morgan fingerprint density at radius 1 is 1.38 bits per heavy atom. The van der Waals surface area contributed by atoms with Gasteiger partial charge in [-0.1, -0.05) is 29.8 Å². The van der Waals surface area contributed by atoms with E-state index in [9.17, 15) is 15.2 Å². The molecule has 1 N–H and O–H groups in total. The Labute approximate surface area is 149 Å². The van der Waals surface area contributed by atoms with Crippen molar-refractivity contribution >= 4 is 27.8 Å². The fourth-order valence-electron chi connectivity index (χ4n) is 2.33. The van der Waals surface area contributed by atoms with Gasteiger partial charge in [0.2, 0.25) is 5.88 Å². The predicted octanol–water partition coefficient (Wildman–Crippen LogP) is 3.90. The number of pyridine rings is 1. The SMILES string of the molecule is Cc1c(C=Nc2ccc(Br)cc2)c(O)n(CC(C)C)c(=O)c1C#N. The van der Waals surface area contributed by atoms with Crippen LogP contribution in [0.3, 0.4) is 0 Å². The molecule has 1 aromatic heterocycles. The van der Waals surface area contributed by atoms with Gasteiger partial charge in [-0.25, -0.2) is 0 Å². The summed E-state index contributed by atoms with van der Waals surface area (Å²) in [7, 11) is 0. The van der Waals surface area contributed by atoms with Crippen LogP contribution in [0.5, 0.6) is 5.88 Å². The van der Waals surface area contributed by atoms with Crippen molar-refractivity contribution in [3.05, 3.63) is 55.8 Å². The number of nitrogens with zero attached hydrogens (tertiary/aromatic N) is 3. The summed E-state index contributed by atoms with van der Waals surface area (Å²) < 4.78 is 2.18. The number of benzene rings is 1. The van der Waals surface area contributed by atoms with Crippen molar-refractivity contribution in [1.29, 1.82) is 5.26 Å². The molecule has 0 spiro atoms. The Hall–Kier alpha value is -2.39. The molecule has 0 radical (unpaired) electrons. The minimum atomic E-state index is -0.470. The molecule has 0 aliphatic carbocycles. The molecule has 0 unspecified atom stereocenters. The summed E-state index contributed by atoms with van der Waals surface area (Å²) in [5.41, 5.74) is 1.08. The Balaban J connectivity index is 2.58. The van der Waals surface area contributed by atoms with Gasteiger partial charge >= 0.3 is 0 Å². The van der Waals surface area contributed by atoms with Gasteiger partial charge in [0.1, 0.15) is 11.6 Å². The maximum absolute atomic E-state index is 12.4. The third-order valence-corrected chi connectivity index (χ3v) is 4.09. The van der Waals surface area contributed by atoms with E-state index < -0.39 is 5.56 Å². The Bertz CT molecular complexity index is 875. The average Bonchev–Trinajstić information content (AvgIpc) is 2.53. The number of aromatic hydroxyl groups is 1. The fourth-order valence-corrected chi connectivity index (χ4v) is 2.59. The lowest BCUT2D eigenvalue weighted by atomic mass is 10.1. The van der Waals surface area contributed by atoms with Crippen molar-refractivity contribution in [2.45, 2.75) is 27.3 Å². The molecule has 0 aliphatic rings. The van der Waals surface area contributed by atoms with Gasteiger partial charge in [-0.3, -0.25) is 14.4 Å². The van der Waals surface area contributed by atoms with E-state index in [2.05, 4.69) is 20.9 Å². The topological polar surface area (TPSA) is 78.4 Å². The molecule has 2 rings (SSSR count). The minimum absolute atomic E-state index is 0.0331. The number of aromatic nitrogens is 1. The molecule has 1 heterocycles. The van der Waals surface area contributed by atoms with Crippen molar-refractivity contribution in [2.24, 2.45) is 10.9 Å². The molecule has 0 saturated heterocycles.